The van der Waals surface area contributed by atoms with Crippen molar-refractivity contribution >= 4 is 50.0 Å². The molecule has 2 heterocycles. The molecule has 0 bridgehead atoms. The minimum Gasteiger partial charge on any atom is -0.484 e. The fourth-order valence-electron chi connectivity index (χ4n) is 6.87. The van der Waals surface area contributed by atoms with Gasteiger partial charge in [0.25, 0.3) is 0 Å². The van der Waals surface area contributed by atoms with E-state index in [4.69, 9.17) is 18.9 Å². The molecule has 0 spiro atoms. The number of esters is 3. The number of fused-ring (bicyclic) bond motifs is 1. The van der Waals surface area contributed by atoms with Crippen LogP contribution in [0.3, 0.4) is 0 Å². The number of carbonyl (C=O) groups is 3. The van der Waals surface area contributed by atoms with E-state index in [1.54, 1.807) is 23.5 Å². The summed E-state index contributed by atoms with van der Waals surface area (Å²) in [6.45, 7) is 12.3. The fraction of sp³-hybridized carbons (Fsp3) is 0.588. The minimum atomic E-state index is -0.348. The lowest BCUT2D eigenvalue weighted by Crippen LogP contribution is -2.28. The first-order chi connectivity index (χ1) is 30.5. The Bertz CT molecular complexity index is 1710. The van der Waals surface area contributed by atoms with E-state index in [1.807, 2.05) is 24.3 Å². The predicted molar refractivity (Wildman–Crippen MR) is 258 cm³/mol. The summed E-state index contributed by atoms with van der Waals surface area (Å²) in [4.78, 5) is 35.5. The van der Waals surface area contributed by atoms with Gasteiger partial charge < -0.3 is 29.6 Å². The van der Waals surface area contributed by atoms with Crippen molar-refractivity contribution in [3.05, 3.63) is 72.1 Å². The zero-order valence-electron chi connectivity index (χ0n) is 37.4. The van der Waals surface area contributed by atoms with Gasteiger partial charge in [0.1, 0.15) is 10.6 Å². The third-order valence-electron chi connectivity index (χ3n) is 10.4. The summed E-state index contributed by atoms with van der Waals surface area (Å²) in [5.74, 6) is 5.93. The third-order valence-corrected chi connectivity index (χ3v) is 12.6. The zero-order chi connectivity index (χ0) is 44.1. The molecule has 0 aliphatic carbocycles. The average molecular weight is 891 g/mol. The number of nitrogens with one attached hydrogen (secondary N) is 2. The standard InChI is InChI=1S/C51H74N2O7S2/c1-3-48(54)57-38-26-20-16-12-8-6-5-7-9-13-18-22-28-40-59-50-42-46-45(62-50)41-47(61-46)51(56)60-44-32-30-43(31-33-44)29-23-25-35-53-37-36-52-34-24-19-15-11-10-14-17-21-27-39-58-49(55)4-2/h3-4,30-33,41-42,52-53H,1-2,5-22,24-28,34-40H2. The summed E-state index contributed by atoms with van der Waals surface area (Å²) in [6, 6.07) is 11.3. The first-order valence-electron chi connectivity index (χ1n) is 23.5. The highest BCUT2D eigenvalue weighted by Crippen LogP contribution is 2.38. The largest absolute Gasteiger partial charge is 0.484 e. The Labute approximate surface area is 380 Å². The summed E-state index contributed by atoms with van der Waals surface area (Å²) in [7, 11) is 0. The van der Waals surface area contributed by atoms with Crippen molar-refractivity contribution in [3.63, 3.8) is 0 Å². The van der Waals surface area contributed by atoms with Gasteiger partial charge in [-0.3, -0.25) is 0 Å². The van der Waals surface area contributed by atoms with Crippen LogP contribution in [0.25, 0.3) is 9.40 Å². The van der Waals surface area contributed by atoms with Crippen LogP contribution in [0.2, 0.25) is 0 Å². The van der Waals surface area contributed by atoms with Gasteiger partial charge in [-0.15, -0.1) is 11.3 Å². The van der Waals surface area contributed by atoms with Crippen molar-refractivity contribution in [2.45, 2.75) is 148 Å². The first kappa shape index (κ1) is 52.4. The van der Waals surface area contributed by atoms with Crippen LogP contribution in [-0.4, -0.2) is 63.9 Å². The number of thiophene rings is 2. The van der Waals surface area contributed by atoms with E-state index in [1.165, 1.54) is 133 Å². The number of benzene rings is 1. The van der Waals surface area contributed by atoms with E-state index in [0.717, 1.165) is 91.3 Å². The fourth-order valence-corrected chi connectivity index (χ4v) is 9.00. The molecule has 0 saturated carbocycles. The second-order valence-corrected chi connectivity index (χ2v) is 17.9. The Hall–Kier alpha value is -3.95. The predicted octanol–water partition coefficient (Wildman–Crippen LogP) is 12.5. The Morgan fingerprint density at radius 3 is 1.53 bits per heavy atom. The normalized spacial score (nSPS) is 10.9. The Kier molecular flexibility index (Phi) is 30.0. The molecule has 0 fully saturated rings. The van der Waals surface area contributed by atoms with Crippen LogP contribution in [0, 0.1) is 11.8 Å². The molecule has 2 N–H and O–H groups in total. The van der Waals surface area contributed by atoms with Gasteiger partial charge in [-0.2, -0.15) is 0 Å². The van der Waals surface area contributed by atoms with E-state index in [2.05, 4.69) is 35.6 Å². The number of rotatable bonds is 38. The topological polar surface area (TPSA) is 112 Å². The van der Waals surface area contributed by atoms with Crippen molar-refractivity contribution < 1.29 is 33.3 Å². The summed E-state index contributed by atoms with van der Waals surface area (Å²) >= 11 is 3.02. The second kappa shape index (κ2) is 35.5. The Morgan fingerprint density at radius 1 is 0.548 bits per heavy atom. The molecule has 0 aliphatic heterocycles. The highest BCUT2D eigenvalue weighted by molar-refractivity contribution is 7.29. The van der Waals surface area contributed by atoms with Crippen LogP contribution in [0.4, 0.5) is 0 Å². The van der Waals surface area contributed by atoms with Crippen molar-refractivity contribution in [2.75, 3.05) is 46.0 Å². The lowest BCUT2D eigenvalue weighted by atomic mass is 10.0. The van der Waals surface area contributed by atoms with E-state index in [0.29, 0.717) is 23.8 Å². The van der Waals surface area contributed by atoms with Gasteiger partial charge in [-0.1, -0.05) is 152 Å². The molecule has 0 amide bonds. The molecule has 9 nitrogen and oxygen atoms in total. The molecule has 0 radical (unpaired) electrons. The molecule has 0 aliphatic rings. The van der Waals surface area contributed by atoms with Crippen LogP contribution >= 0.6 is 22.7 Å². The third kappa shape index (κ3) is 25.9. The lowest BCUT2D eigenvalue weighted by Gasteiger charge is -2.06. The van der Waals surface area contributed by atoms with Crippen molar-refractivity contribution in [1.82, 2.24) is 10.6 Å². The van der Waals surface area contributed by atoms with Gasteiger partial charge in [0.15, 0.2) is 5.06 Å². The lowest BCUT2D eigenvalue weighted by molar-refractivity contribution is -0.138. The van der Waals surface area contributed by atoms with Crippen LogP contribution in [-0.2, 0) is 19.1 Å². The van der Waals surface area contributed by atoms with Gasteiger partial charge >= 0.3 is 17.9 Å². The molecular formula is C51H74N2O7S2. The summed E-state index contributed by atoms with van der Waals surface area (Å²) in [5.41, 5.74) is 0.896. The molecule has 0 unspecified atom stereocenters. The van der Waals surface area contributed by atoms with E-state index in [9.17, 15) is 14.4 Å². The molecule has 62 heavy (non-hydrogen) atoms. The average Bonchev–Trinajstić information content (AvgIpc) is 3.86. The highest BCUT2D eigenvalue weighted by Gasteiger charge is 2.15. The summed E-state index contributed by atoms with van der Waals surface area (Å²) in [5, 5.41) is 7.87. The molecule has 3 aromatic rings. The Morgan fingerprint density at radius 2 is 1.02 bits per heavy atom. The van der Waals surface area contributed by atoms with E-state index in [-0.39, 0.29) is 17.9 Å². The van der Waals surface area contributed by atoms with Crippen molar-refractivity contribution in [1.29, 1.82) is 0 Å². The van der Waals surface area contributed by atoms with Crippen LogP contribution in [0.15, 0.2) is 61.7 Å². The maximum absolute atomic E-state index is 12.9. The number of unbranched alkanes of at least 4 members (excludes halogenated alkanes) is 20. The van der Waals surface area contributed by atoms with Crippen molar-refractivity contribution in [2.24, 2.45) is 0 Å². The van der Waals surface area contributed by atoms with Gasteiger partial charge in [0, 0.05) is 59.2 Å². The van der Waals surface area contributed by atoms with Crippen LogP contribution in [0.5, 0.6) is 10.8 Å². The molecule has 1 aromatic carbocycles. The van der Waals surface area contributed by atoms with Gasteiger partial charge in [-0.25, -0.2) is 14.4 Å². The summed E-state index contributed by atoms with van der Waals surface area (Å²) in [6.07, 6.45) is 30.0. The SMILES string of the molecule is C=CC(=O)OCCCCCCCCCCCCCCCOc1cc2sc(C(=O)Oc3ccc(C#CCCNCCNCCCCCCCCCCCOC(=O)C=C)cc3)cc2s1. The van der Waals surface area contributed by atoms with Gasteiger partial charge in [-0.05, 0) is 62.6 Å². The molecular weight excluding hydrogens is 817 g/mol. The first-order valence-corrected chi connectivity index (χ1v) is 25.1. The monoisotopic (exact) mass is 890 g/mol. The zero-order valence-corrected chi connectivity index (χ0v) is 39.1. The number of hydrogen-bond acceptors (Lipinski definition) is 11. The van der Waals surface area contributed by atoms with E-state index >= 15 is 0 Å². The molecule has 342 valence electrons. The number of carbonyl (C=O) groups excluding carboxylic acids is 3. The number of ether oxygens (including phenoxy) is 4. The summed E-state index contributed by atoms with van der Waals surface area (Å²) < 4.78 is 23.8. The number of hydrogen-bond donors (Lipinski definition) is 2. The second-order valence-electron chi connectivity index (χ2n) is 15.7. The van der Waals surface area contributed by atoms with Crippen LogP contribution in [0.1, 0.15) is 163 Å². The molecule has 3 rings (SSSR count). The van der Waals surface area contributed by atoms with Gasteiger partial charge in [0.05, 0.1) is 19.8 Å². The minimum absolute atomic E-state index is 0.326. The molecule has 0 saturated heterocycles. The van der Waals surface area contributed by atoms with Gasteiger partial charge in [0.2, 0.25) is 0 Å². The van der Waals surface area contributed by atoms with E-state index < -0.39 is 0 Å². The maximum atomic E-state index is 12.9. The molecule has 2 aromatic heterocycles. The molecule has 11 heteroatoms. The van der Waals surface area contributed by atoms with Crippen molar-refractivity contribution in [3.8, 4) is 22.7 Å². The molecule has 0 atom stereocenters. The quantitative estimate of drug-likeness (QED) is 0.0191. The highest BCUT2D eigenvalue weighted by atomic mass is 32.1. The maximum Gasteiger partial charge on any atom is 0.353 e. The smallest absolute Gasteiger partial charge is 0.353 e. The van der Waals surface area contributed by atoms with Crippen LogP contribution < -0.4 is 20.1 Å². The Balaban J connectivity index is 1.11.